The summed E-state index contributed by atoms with van der Waals surface area (Å²) in [6.07, 6.45) is 8.07. The van der Waals surface area contributed by atoms with Crippen LogP contribution in [-0.2, 0) is 6.54 Å². The fourth-order valence-corrected chi connectivity index (χ4v) is 4.01. The Morgan fingerprint density at radius 1 is 1.00 bits per heavy atom. The van der Waals surface area contributed by atoms with Gasteiger partial charge in [0, 0.05) is 40.6 Å². The van der Waals surface area contributed by atoms with E-state index in [1.165, 1.54) is 5.69 Å². The van der Waals surface area contributed by atoms with Gasteiger partial charge in [0.15, 0.2) is 0 Å². The molecule has 1 saturated carbocycles. The first-order valence-electron chi connectivity index (χ1n) is 9.17. The molecule has 1 aromatic carbocycles. The molecule has 1 fully saturated rings. The largest absolute Gasteiger partial charge is 0.362 e. The fourth-order valence-electron chi connectivity index (χ4n) is 3.85. The number of hydrogen-bond donors (Lipinski definition) is 1. The molecule has 4 rings (SSSR count). The minimum Gasteiger partial charge on any atom is -0.362 e. The van der Waals surface area contributed by atoms with Gasteiger partial charge in [-0.25, -0.2) is 0 Å². The summed E-state index contributed by atoms with van der Waals surface area (Å²) in [4.78, 5) is 11.5. The van der Waals surface area contributed by atoms with Gasteiger partial charge in [-0.1, -0.05) is 17.7 Å². The molecule has 3 aromatic rings. The molecule has 0 aliphatic heterocycles. The molecule has 2 aromatic heterocycles. The number of benzene rings is 1. The summed E-state index contributed by atoms with van der Waals surface area (Å²) in [7, 11) is 0. The van der Waals surface area contributed by atoms with E-state index in [4.69, 9.17) is 17.3 Å². The van der Waals surface area contributed by atoms with Crippen molar-refractivity contribution in [2.24, 2.45) is 5.73 Å². The van der Waals surface area contributed by atoms with Crippen molar-refractivity contribution >= 4 is 28.2 Å². The zero-order valence-corrected chi connectivity index (χ0v) is 15.4. The molecule has 0 bridgehead atoms. The van der Waals surface area contributed by atoms with E-state index in [2.05, 4.69) is 33.1 Å². The molecule has 0 amide bonds. The lowest BCUT2D eigenvalue weighted by Gasteiger charge is -2.38. The number of rotatable bonds is 4. The zero-order chi connectivity index (χ0) is 17.9. The summed E-state index contributed by atoms with van der Waals surface area (Å²) in [6, 6.07) is 14.9. The van der Waals surface area contributed by atoms with Crippen LogP contribution in [0.4, 0.5) is 5.69 Å². The van der Waals surface area contributed by atoms with Gasteiger partial charge in [0.2, 0.25) is 0 Å². The van der Waals surface area contributed by atoms with Gasteiger partial charge < -0.3 is 10.6 Å². The van der Waals surface area contributed by atoms with Crippen LogP contribution >= 0.6 is 11.6 Å². The number of halogens is 1. The van der Waals surface area contributed by atoms with Crippen LogP contribution in [0.25, 0.3) is 10.9 Å². The van der Waals surface area contributed by atoms with Gasteiger partial charge in [0.25, 0.3) is 0 Å². The summed E-state index contributed by atoms with van der Waals surface area (Å²) in [6.45, 7) is 0.780. The SMILES string of the molecule is NC1CCC(N(Cc2ccccn2)c2ccnc3cc(Cl)ccc23)CC1. The molecule has 2 N–H and O–H groups in total. The third kappa shape index (κ3) is 3.67. The van der Waals surface area contributed by atoms with Crippen molar-refractivity contribution in [3.05, 3.63) is 65.6 Å². The maximum Gasteiger partial charge on any atom is 0.0737 e. The minimum absolute atomic E-state index is 0.330. The van der Waals surface area contributed by atoms with Crippen LogP contribution in [0.5, 0.6) is 0 Å². The van der Waals surface area contributed by atoms with E-state index in [1.54, 1.807) is 0 Å². The molecule has 0 saturated heterocycles. The highest BCUT2D eigenvalue weighted by molar-refractivity contribution is 6.31. The summed E-state index contributed by atoms with van der Waals surface area (Å²) in [5.41, 5.74) is 9.33. The van der Waals surface area contributed by atoms with Crippen molar-refractivity contribution < 1.29 is 0 Å². The Balaban J connectivity index is 1.75. The Morgan fingerprint density at radius 3 is 2.62 bits per heavy atom. The highest BCUT2D eigenvalue weighted by atomic mass is 35.5. The van der Waals surface area contributed by atoms with Crippen LogP contribution in [0.1, 0.15) is 31.4 Å². The maximum atomic E-state index is 6.17. The average Bonchev–Trinajstić information content (AvgIpc) is 2.67. The van der Waals surface area contributed by atoms with Crippen LogP contribution in [0.3, 0.4) is 0 Å². The Bertz CT molecular complexity index is 876. The third-order valence-electron chi connectivity index (χ3n) is 5.23. The average molecular weight is 367 g/mol. The van der Waals surface area contributed by atoms with E-state index in [-0.39, 0.29) is 0 Å². The number of fused-ring (bicyclic) bond motifs is 1. The molecule has 1 aliphatic carbocycles. The van der Waals surface area contributed by atoms with E-state index in [0.717, 1.165) is 48.8 Å². The predicted molar refractivity (Wildman–Crippen MR) is 107 cm³/mol. The van der Waals surface area contributed by atoms with Crippen molar-refractivity contribution in [3.8, 4) is 0 Å². The number of nitrogens with zero attached hydrogens (tertiary/aromatic N) is 3. The van der Waals surface area contributed by atoms with Crippen LogP contribution in [0, 0.1) is 0 Å². The molecule has 1 aliphatic rings. The van der Waals surface area contributed by atoms with Gasteiger partial charge in [-0.2, -0.15) is 0 Å². The van der Waals surface area contributed by atoms with Gasteiger partial charge in [0.05, 0.1) is 17.8 Å². The van der Waals surface area contributed by atoms with Gasteiger partial charge in [0.1, 0.15) is 0 Å². The molecule has 0 radical (unpaired) electrons. The molecule has 5 heteroatoms. The zero-order valence-electron chi connectivity index (χ0n) is 14.7. The van der Waals surface area contributed by atoms with Gasteiger partial charge in [-0.15, -0.1) is 0 Å². The van der Waals surface area contributed by atoms with E-state index in [0.29, 0.717) is 17.1 Å². The lowest BCUT2D eigenvalue weighted by molar-refractivity contribution is 0.374. The predicted octanol–water partition coefficient (Wildman–Crippen LogP) is 4.56. The third-order valence-corrected chi connectivity index (χ3v) is 5.47. The van der Waals surface area contributed by atoms with E-state index in [9.17, 15) is 0 Å². The number of pyridine rings is 2. The van der Waals surface area contributed by atoms with Gasteiger partial charge in [-0.3, -0.25) is 9.97 Å². The number of aromatic nitrogens is 2. The first kappa shape index (κ1) is 17.3. The van der Waals surface area contributed by atoms with Crippen LogP contribution in [-0.4, -0.2) is 22.1 Å². The lowest BCUT2D eigenvalue weighted by atomic mass is 9.90. The fraction of sp³-hybridized carbons (Fsp3) is 0.333. The Kier molecular flexibility index (Phi) is 5.05. The molecule has 2 heterocycles. The second-order valence-corrected chi connectivity index (χ2v) is 7.45. The molecule has 26 heavy (non-hydrogen) atoms. The summed E-state index contributed by atoms with van der Waals surface area (Å²) in [5.74, 6) is 0. The van der Waals surface area contributed by atoms with Crippen molar-refractivity contribution in [2.75, 3.05) is 4.90 Å². The summed E-state index contributed by atoms with van der Waals surface area (Å²) < 4.78 is 0. The molecular weight excluding hydrogens is 344 g/mol. The van der Waals surface area contributed by atoms with Gasteiger partial charge in [-0.05, 0) is 62.1 Å². The number of hydrogen-bond acceptors (Lipinski definition) is 4. The minimum atomic E-state index is 0.330. The van der Waals surface area contributed by atoms with Crippen molar-refractivity contribution in [3.63, 3.8) is 0 Å². The topological polar surface area (TPSA) is 55.0 Å². The lowest BCUT2D eigenvalue weighted by Crippen LogP contribution is -2.41. The Morgan fingerprint density at radius 2 is 1.85 bits per heavy atom. The van der Waals surface area contributed by atoms with Crippen molar-refractivity contribution in [1.82, 2.24) is 9.97 Å². The van der Waals surface area contributed by atoms with Crippen molar-refractivity contribution in [2.45, 2.75) is 44.3 Å². The van der Waals surface area contributed by atoms with Crippen LogP contribution in [0.15, 0.2) is 54.9 Å². The van der Waals surface area contributed by atoms with E-state index >= 15 is 0 Å². The summed E-state index contributed by atoms with van der Waals surface area (Å²) in [5, 5.41) is 1.84. The van der Waals surface area contributed by atoms with Gasteiger partial charge >= 0.3 is 0 Å². The second-order valence-electron chi connectivity index (χ2n) is 7.01. The maximum absolute atomic E-state index is 6.17. The highest BCUT2D eigenvalue weighted by Gasteiger charge is 2.26. The van der Waals surface area contributed by atoms with Crippen molar-refractivity contribution in [1.29, 1.82) is 0 Å². The first-order chi connectivity index (χ1) is 12.7. The molecular formula is C21H23ClN4. The molecule has 4 nitrogen and oxygen atoms in total. The Hall–Kier alpha value is -2.17. The molecule has 0 atom stereocenters. The molecule has 0 spiro atoms. The monoisotopic (exact) mass is 366 g/mol. The normalized spacial score (nSPS) is 20.2. The standard InChI is InChI=1S/C21H23ClN4/c22-15-4-9-19-20(13-15)25-12-10-21(19)26(14-17-3-1-2-11-24-17)18-7-5-16(23)6-8-18/h1-4,9-13,16,18H,5-8,14,23H2. The van der Waals surface area contributed by atoms with Crippen LogP contribution in [0.2, 0.25) is 5.02 Å². The smallest absolute Gasteiger partial charge is 0.0737 e. The summed E-state index contributed by atoms with van der Waals surface area (Å²) >= 11 is 6.17. The number of anilines is 1. The van der Waals surface area contributed by atoms with Crippen LogP contribution < -0.4 is 10.6 Å². The molecule has 0 unspecified atom stereocenters. The quantitative estimate of drug-likeness (QED) is 0.735. The van der Waals surface area contributed by atoms with E-state index in [1.807, 2.05) is 36.7 Å². The number of nitrogens with two attached hydrogens (primary N) is 1. The first-order valence-corrected chi connectivity index (χ1v) is 9.55. The van der Waals surface area contributed by atoms with E-state index < -0.39 is 0 Å². The second kappa shape index (κ2) is 7.60. The Labute approximate surface area is 159 Å². The highest BCUT2D eigenvalue weighted by Crippen LogP contribution is 2.33. The molecule has 134 valence electrons.